The standard InChI is InChI=1S/C17H17N3O3S/c1-3-23-16(21)10-24-11-4-5-12(15(8-11)22-2)17-19-13-6-7-18-9-14(13)20-17/h4-9H,3,10H2,1-2H3,(H,19,20). The Hall–Kier alpha value is -2.54. The number of methoxy groups -OCH3 is 1. The smallest absolute Gasteiger partial charge is 0.316 e. The average Bonchev–Trinajstić information content (AvgIpc) is 3.03. The van der Waals surface area contributed by atoms with Gasteiger partial charge in [0, 0.05) is 11.1 Å². The lowest BCUT2D eigenvalue weighted by Gasteiger charge is -2.09. The van der Waals surface area contributed by atoms with Gasteiger partial charge in [-0.15, -0.1) is 11.8 Å². The van der Waals surface area contributed by atoms with Crippen molar-refractivity contribution in [1.82, 2.24) is 15.0 Å². The van der Waals surface area contributed by atoms with E-state index >= 15 is 0 Å². The molecule has 0 amide bonds. The number of aromatic nitrogens is 3. The van der Waals surface area contributed by atoms with Crippen LogP contribution in [0.2, 0.25) is 0 Å². The molecule has 0 bridgehead atoms. The molecule has 2 heterocycles. The third-order valence-corrected chi connectivity index (χ3v) is 4.34. The SMILES string of the molecule is CCOC(=O)CSc1ccc(-c2nc3cnccc3[nH]2)c(OC)c1. The molecule has 0 radical (unpaired) electrons. The second kappa shape index (κ2) is 7.35. The number of hydrogen-bond donors (Lipinski definition) is 1. The summed E-state index contributed by atoms with van der Waals surface area (Å²) in [5.74, 6) is 1.45. The number of nitrogens with one attached hydrogen (secondary N) is 1. The first-order valence-electron chi connectivity index (χ1n) is 7.48. The van der Waals surface area contributed by atoms with Gasteiger partial charge in [-0.25, -0.2) is 4.98 Å². The maximum Gasteiger partial charge on any atom is 0.316 e. The Balaban J connectivity index is 1.85. The molecule has 0 aliphatic heterocycles. The van der Waals surface area contributed by atoms with Crippen molar-refractivity contribution in [3.63, 3.8) is 0 Å². The number of rotatable bonds is 6. The van der Waals surface area contributed by atoms with E-state index in [-0.39, 0.29) is 11.7 Å². The van der Waals surface area contributed by atoms with Crippen molar-refractivity contribution < 1.29 is 14.3 Å². The van der Waals surface area contributed by atoms with Gasteiger partial charge in [-0.05, 0) is 31.2 Å². The fourth-order valence-electron chi connectivity index (χ4n) is 2.29. The molecule has 0 aliphatic rings. The van der Waals surface area contributed by atoms with E-state index in [4.69, 9.17) is 9.47 Å². The Labute approximate surface area is 143 Å². The van der Waals surface area contributed by atoms with Crippen LogP contribution in [0.15, 0.2) is 41.6 Å². The number of pyridine rings is 1. The van der Waals surface area contributed by atoms with Gasteiger partial charge in [0.1, 0.15) is 17.1 Å². The number of thioether (sulfide) groups is 1. The highest BCUT2D eigenvalue weighted by atomic mass is 32.2. The number of carbonyl (C=O) groups excluding carboxylic acids is 1. The maximum atomic E-state index is 11.5. The summed E-state index contributed by atoms with van der Waals surface area (Å²) in [6, 6.07) is 7.64. The summed E-state index contributed by atoms with van der Waals surface area (Å²) in [4.78, 5) is 24.3. The largest absolute Gasteiger partial charge is 0.496 e. The number of H-pyrrole nitrogens is 1. The molecular weight excluding hydrogens is 326 g/mol. The van der Waals surface area contributed by atoms with E-state index in [9.17, 15) is 4.79 Å². The van der Waals surface area contributed by atoms with Crippen molar-refractivity contribution in [2.24, 2.45) is 0 Å². The quantitative estimate of drug-likeness (QED) is 0.547. The number of nitrogens with zero attached hydrogens (tertiary/aromatic N) is 2. The van der Waals surface area contributed by atoms with Gasteiger partial charge < -0.3 is 14.5 Å². The fourth-order valence-corrected chi connectivity index (χ4v) is 3.01. The average molecular weight is 343 g/mol. The third-order valence-electron chi connectivity index (χ3n) is 3.38. The van der Waals surface area contributed by atoms with Gasteiger partial charge in [0.05, 0.1) is 36.7 Å². The van der Waals surface area contributed by atoms with Crippen molar-refractivity contribution in [3.05, 3.63) is 36.7 Å². The van der Waals surface area contributed by atoms with Crippen LogP contribution in [0.5, 0.6) is 5.75 Å². The summed E-state index contributed by atoms with van der Waals surface area (Å²) in [6.45, 7) is 2.19. The van der Waals surface area contributed by atoms with Crippen LogP contribution in [0.1, 0.15) is 6.92 Å². The van der Waals surface area contributed by atoms with Crippen LogP contribution in [-0.2, 0) is 9.53 Å². The molecule has 0 saturated carbocycles. The Bertz CT molecular complexity index is 830. The minimum absolute atomic E-state index is 0.227. The minimum atomic E-state index is -0.227. The Morgan fingerprint density at radius 3 is 2.96 bits per heavy atom. The number of fused-ring (bicyclic) bond motifs is 1. The van der Waals surface area contributed by atoms with Crippen LogP contribution in [0.3, 0.4) is 0 Å². The number of benzene rings is 1. The van der Waals surface area contributed by atoms with Crippen molar-refractivity contribution in [2.45, 2.75) is 11.8 Å². The Morgan fingerprint density at radius 2 is 2.21 bits per heavy atom. The van der Waals surface area contributed by atoms with Gasteiger partial charge in [-0.2, -0.15) is 0 Å². The molecule has 24 heavy (non-hydrogen) atoms. The minimum Gasteiger partial charge on any atom is -0.496 e. The first-order valence-corrected chi connectivity index (χ1v) is 8.46. The summed E-state index contributed by atoms with van der Waals surface area (Å²) in [5.41, 5.74) is 2.58. The zero-order valence-electron chi connectivity index (χ0n) is 13.4. The first kappa shape index (κ1) is 16.3. The molecule has 0 atom stereocenters. The highest BCUT2D eigenvalue weighted by Gasteiger charge is 2.12. The number of imidazole rings is 1. The molecule has 2 aromatic heterocycles. The van der Waals surface area contributed by atoms with Crippen LogP contribution in [0.25, 0.3) is 22.4 Å². The van der Waals surface area contributed by atoms with E-state index in [1.165, 1.54) is 11.8 Å². The Morgan fingerprint density at radius 1 is 1.33 bits per heavy atom. The number of carbonyl (C=O) groups is 1. The molecule has 0 fully saturated rings. The van der Waals surface area contributed by atoms with Crippen LogP contribution >= 0.6 is 11.8 Å². The zero-order chi connectivity index (χ0) is 16.9. The van der Waals surface area contributed by atoms with Crippen molar-refractivity contribution >= 4 is 28.8 Å². The summed E-state index contributed by atoms with van der Waals surface area (Å²) >= 11 is 1.41. The van der Waals surface area contributed by atoms with Crippen LogP contribution < -0.4 is 4.74 Å². The summed E-state index contributed by atoms with van der Waals surface area (Å²) in [7, 11) is 1.61. The van der Waals surface area contributed by atoms with Gasteiger partial charge in [0.2, 0.25) is 0 Å². The molecule has 3 aromatic rings. The van der Waals surface area contributed by atoms with Crippen molar-refractivity contribution in [1.29, 1.82) is 0 Å². The summed E-state index contributed by atoms with van der Waals surface area (Å²) in [5, 5.41) is 0. The fraction of sp³-hybridized carbons (Fsp3) is 0.235. The van der Waals surface area contributed by atoms with E-state index in [0.717, 1.165) is 27.3 Å². The maximum absolute atomic E-state index is 11.5. The summed E-state index contributed by atoms with van der Waals surface area (Å²) < 4.78 is 10.4. The van der Waals surface area contributed by atoms with Crippen LogP contribution in [0, 0.1) is 0 Å². The second-order valence-electron chi connectivity index (χ2n) is 4.93. The van der Waals surface area contributed by atoms with E-state index in [1.54, 1.807) is 26.4 Å². The van der Waals surface area contributed by atoms with E-state index in [1.807, 2.05) is 24.3 Å². The van der Waals surface area contributed by atoms with Crippen LogP contribution in [-0.4, -0.2) is 40.4 Å². The highest BCUT2D eigenvalue weighted by molar-refractivity contribution is 8.00. The van der Waals surface area contributed by atoms with Crippen molar-refractivity contribution in [3.8, 4) is 17.1 Å². The number of aromatic amines is 1. The van der Waals surface area contributed by atoms with Crippen LogP contribution in [0.4, 0.5) is 0 Å². The van der Waals surface area contributed by atoms with Gasteiger partial charge in [-0.1, -0.05) is 0 Å². The first-order chi connectivity index (χ1) is 11.7. The number of hydrogen-bond acceptors (Lipinski definition) is 6. The molecule has 1 aromatic carbocycles. The topological polar surface area (TPSA) is 77.1 Å². The second-order valence-corrected chi connectivity index (χ2v) is 5.98. The molecule has 1 N–H and O–H groups in total. The monoisotopic (exact) mass is 343 g/mol. The van der Waals surface area contributed by atoms with Gasteiger partial charge in [0.25, 0.3) is 0 Å². The molecule has 124 valence electrons. The summed E-state index contributed by atoms with van der Waals surface area (Å²) in [6.07, 6.45) is 3.43. The highest BCUT2D eigenvalue weighted by Crippen LogP contribution is 2.33. The molecule has 3 rings (SSSR count). The molecule has 0 spiro atoms. The van der Waals surface area contributed by atoms with Gasteiger partial charge in [-0.3, -0.25) is 9.78 Å². The number of ether oxygens (including phenoxy) is 2. The van der Waals surface area contributed by atoms with Gasteiger partial charge >= 0.3 is 5.97 Å². The lowest BCUT2D eigenvalue weighted by Crippen LogP contribution is -2.06. The molecule has 0 unspecified atom stereocenters. The van der Waals surface area contributed by atoms with E-state index < -0.39 is 0 Å². The van der Waals surface area contributed by atoms with E-state index in [0.29, 0.717) is 12.4 Å². The molecule has 0 saturated heterocycles. The lowest BCUT2D eigenvalue weighted by molar-refractivity contribution is -0.139. The molecule has 7 heteroatoms. The molecular formula is C17H17N3O3S. The van der Waals surface area contributed by atoms with Gasteiger partial charge in [0.15, 0.2) is 0 Å². The predicted octanol–water partition coefficient (Wildman–Crippen LogP) is 3.29. The van der Waals surface area contributed by atoms with E-state index in [2.05, 4.69) is 15.0 Å². The normalized spacial score (nSPS) is 10.8. The number of esters is 1. The molecule has 6 nitrogen and oxygen atoms in total. The Kier molecular flexibility index (Phi) is 5.00. The third kappa shape index (κ3) is 3.51. The predicted molar refractivity (Wildman–Crippen MR) is 93.2 cm³/mol. The molecule has 0 aliphatic carbocycles. The lowest BCUT2D eigenvalue weighted by atomic mass is 10.2. The van der Waals surface area contributed by atoms with Crippen molar-refractivity contribution in [2.75, 3.05) is 19.5 Å². The zero-order valence-corrected chi connectivity index (χ0v) is 14.2.